The Kier molecular flexibility index (Phi) is 3.51. The highest BCUT2D eigenvalue weighted by atomic mass is 16.5. The Morgan fingerprint density at radius 3 is 2.29 bits per heavy atom. The van der Waals surface area contributed by atoms with Gasteiger partial charge in [-0.3, -0.25) is 0 Å². The predicted octanol–water partition coefficient (Wildman–Crippen LogP) is 2.17. The van der Waals surface area contributed by atoms with Gasteiger partial charge in [-0.15, -0.1) is 0 Å². The summed E-state index contributed by atoms with van der Waals surface area (Å²) in [5.74, 6) is -0.384. The summed E-state index contributed by atoms with van der Waals surface area (Å²) in [7, 11) is 0. The first-order chi connectivity index (χ1) is 6.61. The molecule has 0 aliphatic heterocycles. The summed E-state index contributed by atoms with van der Waals surface area (Å²) in [6.07, 6.45) is -0.780. The van der Waals surface area contributed by atoms with E-state index in [0.717, 1.165) is 0 Å². The maximum Gasteiger partial charge on any atom is 0.345 e. The minimum Gasteiger partial charge on any atom is -0.478 e. The molecule has 0 unspecified atom stereocenters. The lowest BCUT2D eigenvalue weighted by Crippen LogP contribution is -2.32. The van der Waals surface area contributed by atoms with E-state index >= 15 is 0 Å². The molecular formula is C11H14O3. The molecular weight excluding hydrogens is 180 g/mol. The van der Waals surface area contributed by atoms with E-state index < -0.39 is 12.1 Å². The highest BCUT2D eigenvalue weighted by molar-refractivity contribution is 5.73. The molecule has 3 heteroatoms. The number of carbonyl (C=O) groups is 1. The van der Waals surface area contributed by atoms with Crippen LogP contribution in [0.5, 0.6) is 5.75 Å². The van der Waals surface area contributed by atoms with Crippen LogP contribution in [-0.2, 0) is 4.79 Å². The molecule has 0 saturated carbocycles. The maximum atomic E-state index is 10.8. The van der Waals surface area contributed by atoms with Gasteiger partial charge in [-0.2, -0.15) is 0 Å². The molecule has 1 aromatic carbocycles. The lowest BCUT2D eigenvalue weighted by molar-refractivity contribution is -0.147. The second kappa shape index (κ2) is 4.65. The highest BCUT2D eigenvalue weighted by Crippen LogP contribution is 2.15. The molecule has 1 rings (SSSR count). The molecule has 0 aromatic heterocycles. The van der Waals surface area contributed by atoms with Crippen molar-refractivity contribution >= 4 is 5.97 Å². The third-order valence-corrected chi connectivity index (χ3v) is 1.86. The summed E-state index contributed by atoms with van der Waals surface area (Å²) in [5, 5.41) is 8.88. The Hall–Kier alpha value is -1.51. The summed E-state index contributed by atoms with van der Waals surface area (Å²) >= 11 is 0. The monoisotopic (exact) mass is 194 g/mol. The van der Waals surface area contributed by atoms with Crippen LogP contribution in [-0.4, -0.2) is 17.2 Å². The second-order valence-electron chi connectivity index (χ2n) is 3.43. The van der Waals surface area contributed by atoms with Gasteiger partial charge < -0.3 is 9.84 Å². The number of carboxylic acids is 1. The fourth-order valence-corrected chi connectivity index (χ4v) is 1.12. The van der Waals surface area contributed by atoms with E-state index in [-0.39, 0.29) is 5.92 Å². The molecule has 0 bridgehead atoms. The lowest BCUT2D eigenvalue weighted by atomic mass is 10.1. The Morgan fingerprint density at radius 1 is 1.29 bits per heavy atom. The number of ether oxygens (including phenoxy) is 1. The molecule has 0 aliphatic rings. The summed E-state index contributed by atoms with van der Waals surface area (Å²) < 4.78 is 5.34. The molecule has 1 aromatic rings. The zero-order valence-electron chi connectivity index (χ0n) is 8.31. The van der Waals surface area contributed by atoms with Crippen LogP contribution in [0.15, 0.2) is 30.3 Å². The maximum absolute atomic E-state index is 10.8. The number of aliphatic carboxylic acids is 1. The van der Waals surface area contributed by atoms with Crippen molar-refractivity contribution in [3.63, 3.8) is 0 Å². The number of para-hydroxylation sites is 1. The largest absolute Gasteiger partial charge is 0.478 e. The van der Waals surface area contributed by atoms with Gasteiger partial charge in [0.15, 0.2) is 6.10 Å². The summed E-state index contributed by atoms with van der Waals surface area (Å²) in [6, 6.07) is 8.98. The third-order valence-electron chi connectivity index (χ3n) is 1.86. The summed E-state index contributed by atoms with van der Waals surface area (Å²) in [6.45, 7) is 3.64. The van der Waals surface area contributed by atoms with Crippen molar-refractivity contribution in [2.24, 2.45) is 5.92 Å². The van der Waals surface area contributed by atoms with Crippen LogP contribution in [0.1, 0.15) is 13.8 Å². The van der Waals surface area contributed by atoms with Gasteiger partial charge in [-0.05, 0) is 12.1 Å². The predicted molar refractivity (Wildman–Crippen MR) is 53.3 cm³/mol. The molecule has 1 atom stereocenters. The Bertz CT molecular complexity index is 293. The van der Waals surface area contributed by atoms with Gasteiger partial charge in [0.25, 0.3) is 0 Å². The fraction of sp³-hybridized carbons (Fsp3) is 0.364. The van der Waals surface area contributed by atoms with E-state index in [1.807, 2.05) is 32.0 Å². The molecule has 0 heterocycles. The van der Waals surface area contributed by atoms with Crippen molar-refractivity contribution in [2.45, 2.75) is 20.0 Å². The number of hydrogen-bond donors (Lipinski definition) is 1. The van der Waals surface area contributed by atoms with E-state index in [9.17, 15) is 4.79 Å². The number of hydrogen-bond acceptors (Lipinski definition) is 2. The zero-order chi connectivity index (χ0) is 10.6. The molecule has 0 aliphatic carbocycles. The van der Waals surface area contributed by atoms with E-state index in [0.29, 0.717) is 5.75 Å². The summed E-state index contributed by atoms with van der Waals surface area (Å²) in [5.41, 5.74) is 0. The van der Waals surface area contributed by atoms with Crippen LogP contribution in [0.2, 0.25) is 0 Å². The van der Waals surface area contributed by atoms with E-state index in [1.165, 1.54) is 0 Å². The minimum atomic E-state index is -0.927. The van der Waals surface area contributed by atoms with Crippen molar-refractivity contribution in [2.75, 3.05) is 0 Å². The third kappa shape index (κ3) is 2.76. The normalized spacial score (nSPS) is 12.5. The number of carboxylic acid groups (broad SMARTS) is 1. The quantitative estimate of drug-likeness (QED) is 0.799. The molecule has 0 amide bonds. The molecule has 76 valence electrons. The highest BCUT2D eigenvalue weighted by Gasteiger charge is 2.22. The van der Waals surface area contributed by atoms with Crippen LogP contribution < -0.4 is 4.74 Å². The first kappa shape index (κ1) is 10.6. The molecule has 0 saturated heterocycles. The van der Waals surface area contributed by atoms with Crippen molar-refractivity contribution in [3.8, 4) is 5.75 Å². The fourth-order valence-electron chi connectivity index (χ4n) is 1.12. The van der Waals surface area contributed by atoms with Crippen LogP contribution in [0, 0.1) is 5.92 Å². The smallest absolute Gasteiger partial charge is 0.345 e. The average Bonchev–Trinajstić information content (AvgIpc) is 2.15. The molecule has 1 N–H and O–H groups in total. The summed E-state index contributed by atoms with van der Waals surface area (Å²) in [4.78, 5) is 10.8. The first-order valence-corrected chi connectivity index (χ1v) is 4.55. The topological polar surface area (TPSA) is 46.5 Å². The molecule has 0 spiro atoms. The van der Waals surface area contributed by atoms with Gasteiger partial charge in [0, 0.05) is 5.92 Å². The van der Waals surface area contributed by atoms with Gasteiger partial charge in [-0.1, -0.05) is 32.0 Å². The van der Waals surface area contributed by atoms with Gasteiger partial charge in [-0.25, -0.2) is 4.79 Å². The minimum absolute atomic E-state index is 0.0484. The average molecular weight is 194 g/mol. The SMILES string of the molecule is CC(C)[C@H](Oc1ccccc1)C(=O)O. The molecule has 0 fully saturated rings. The van der Waals surface area contributed by atoms with Crippen LogP contribution >= 0.6 is 0 Å². The van der Waals surface area contributed by atoms with Crippen molar-refractivity contribution in [1.29, 1.82) is 0 Å². The van der Waals surface area contributed by atoms with Crippen LogP contribution in [0.3, 0.4) is 0 Å². The van der Waals surface area contributed by atoms with Gasteiger partial charge in [0.05, 0.1) is 0 Å². The Labute approximate surface area is 83.3 Å². The van der Waals surface area contributed by atoms with E-state index in [4.69, 9.17) is 9.84 Å². The molecule has 14 heavy (non-hydrogen) atoms. The van der Waals surface area contributed by atoms with Gasteiger partial charge in [0.2, 0.25) is 0 Å². The van der Waals surface area contributed by atoms with Gasteiger partial charge in [0.1, 0.15) is 5.75 Å². The Balaban J connectivity index is 2.70. The molecule has 0 radical (unpaired) electrons. The van der Waals surface area contributed by atoms with E-state index in [1.54, 1.807) is 12.1 Å². The van der Waals surface area contributed by atoms with Crippen LogP contribution in [0.4, 0.5) is 0 Å². The first-order valence-electron chi connectivity index (χ1n) is 4.55. The van der Waals surface area contributed by atoms with Gasteiger partial charge >= 0.3 is 5.97 Å². The van der Waals surface area contributed by atoms with E-state index in [2.05, 4.69) is 0 Å². The van der Waals surface area contributed by atoms with Crippen molar-refractivity contribution < 1.29 is 14.6 Å². The standard InChI is InChI=1S/C11H14O3/c1-8(2)10(11(12)13)14-9-6-4-3-5-7-9/h3-8,10H,1-2H3,(H,12,13)/t10-/m0/s1. The Morgan fingerprint density at radius 2 is 1.86 bits per heavy atom. The van der Waals surface area contributed by atoms with Crippen molar-refractivity contribution in [1.82, 2.24) is 0 Å². The van der Waals surface area contributed by atoms with Crippen molar-refractivity contribution in [3.05, 3.63) is 30.3 Å². The lowest BCUT2D eigenvalue weighted by Gasteiger charge is -2.17. The van der Waals surface area contributed by atoms with Crippen LogP contribution in [0.25, 0.3) is 0 Å². The zero-order valence-corrected chi connectivity index (χ0v) is 8.31. The number of benzene rings is 1. The number of rotatable bonds is 4. The second-order valence-corrected chi connectivity index (χ2v) is 3.43. The molecule has 3 nitrogen and oxygen atoms in total.